The molecule has 0 bridgehead atoms. The van der Waals surface area contributed by atoms with E-state index in [1.165, 1.54) is 4.90 Å². The van der Waals surface area contributed by atoms with Crippen LogP contribution in [0.4, 0.5) is 0 Å². The van der Waals surface area contributed by atoms with Crippen LogP contribution < -0.4 is 0 Å². The van der Waals surface area contributed by atoms with Crippen LogP contribution in [-0.2, 0) is 43.4 Å². The van der Waals surface area contributed by atoms with Crippen molar-refractivity contribution in [2.45, 2.75) is 20.0 Å². The van der Waals surface area contributed by atoms with Gasteiger partial charge >= 0.3 is 0 Å². The Bertz CT molecular complexity index is 957. The first-order chi connectivity index (χ1) is 13.7. The second kappa shape index (κ2) is 11.5. The standard InChI is InChI=1S/C16H28N2O9S3/c1-2-17(7-10-28(19,20)21)13-15-5-3-4-6-16(15)14-18(8-11-29(22,23)24)9-12-30(25,26)27/h3-6H,2,7-14H2,1H3,(H,19,20,21)(H,22,23,24)(H,25,26,27). The van der Waals surface area contributed by atoms with E-state index in [2.05, 4.69) is 0 Å². The molecule has 0 aliphatic rings. The van der Waals surface area contributed by atoms with Crippen molar-refractivity contribution < 1.29 is 38.9 Å². The summed E-state index contributed by atoms with van der Waals surface area (Å²) in [5.41, 5.74) is 1.55. The topological polar surface area (TPSA) is 170 Å². The molecule has 0 radical (unpaired) electrons. The smallest absolute Gasteiger partial charge is 0.266 e. The van der Waals surface area contributed by atoms with Gasteiger partial charge < -0.3 is 0 Å². The van der Waals surface area contributed by atoms with Crippen LogP contribution in [0, 0.1) is 0 Å². The van der Waals surface area contributed by atoms with Crippen molar-refractivity contribution in [1.29, 1.82) is 0 Å². The normalized spacial score (nSPS) is 13.3. The maximum absolute atomic E-state index is 11.1. The van der Waals surface area contributed by atoms with Gasteiger partial charge in [0.05, 0.1) is 17.3 Å². The Labute approximate surface area is 177 Å². The Morgan fingerprint density at radius 1 is 0.667 bits per heavy atom. The molecule has 30 heavy (non-hydrogen) atoms. The van der Waals surface area contributed by atoms with Crippen LogP contribution in [0.25, 0.3) is 0 Å². The van der Waals surface area contributed by atoms with Gasteiger partial charge in [0, 0.05) is 32.7 Å². The number of nitrogens with zero attached hydrogens (tertiary/aromatic N) is 2. The lowest BCUT2D eigenvalue weighted by molar-refractivity contribution is 0.278. The van der Waals surface area contributed by atoms with Gasteiger partial charge in [-0.2, -0.15) is 25.3 Å². The molecule has 0 atom stereocenters. The molecule has 0 aliphatic carbocycles. The van der Waals surface area contributed by atoms with Crippen LogP contribution in [0.15, 0.2) is 24.3 Å². The molecule has 11 nitrogen and oxygen atoms in total. The van der Waals surface area contributed by atoms with E-state index in [0.29, 0.717) is 13.1 Å². The SMILES string of the molecule is CCN(CCS(=O)(=O)O)Cc1ccccc1CN(CCS(=O)(=O)O)CCS(=O)(=O)O. The first-order valence-electron chi connectivity index (χ1n) is 9.05. The first kappa shape index (κ1) is 26.9. The van der Waals surface area contributed by atoms with Gasteiger partial charge in [-0.25, -0.2) is 0 Å². The summed E-state index contributed by atoms with van der Waals surface area (Å²) < 4.78 is 93.3. The van der Waals surface area contributed by atoms with Crippen molar-refractivity contribution in [3.05, 3.63) is 35.4 Å². The minimum Gasteiger partial charge on any atom is -0.298 e. The molecule has 14 heteroatoms. The molecule has 174 valence electrons. The minimum atomic E-state index is -4.26. The monoisotopic (exact) mass is 488 g/mol. The molecule has 0 saturated carbocycles. The molecule has 1 aromatic rings. The van der Waals surface area contributed by atoms with Crippen molar-refractivity contribution in [2.24, 2.45) is 0 Å². The van der Waals surface area contributed by atoms with E-state index in [0.717, 1.165) is 11.1 Å². The number of benzene rings is 1. The lowest BCUT2D eigenvalue weighted by Crippen LogP contribution is -2.34. The van der Waals surface area contributed by atoms with Crippen LogP contribution in [0.1, 0.15) is 18.1 Å². The maximum atomic E-state index is 11.1. The van der Waals surface area contributed by atoms with Crippen LogP contribution in [0.2, 0.25) is 0 Å². The summed E-state index contributed by atoms with van der Waals surface area (Å²) in [4.78, 5) is 3.28. The quantitative estimate of drug-likeness (QED) is 0.301. The Kier molecular flexibility index (Phi) is 10.3. The molecule has 0 fully saturated rings. The van der Waals surface area contributed by atoms with Crippen LogP contribution in [0.3, 0.4) is 0 Å². The van der Waals surface area contributed by atoms with E-state index < -0.39 is 47.6 Å². The lowest BCUT2D eigenvalue weighted by atomic mass is 10.1. The molecule has 3 N–H and O–H groups in total. The van der Waals surface area contributed by atoms with Crippen molar-refractivity contribution in [2.75, 3.05) is 43.4 Å². The predicted molar refractivity (Wildman–Crippen MR) is 112 cm³/mol. The highest BCUT2D eigenvalue weighted by molar-refractivity contribution is 7.86. The number of rotatable bonds is 14. The van der Waals surface area contributed by atoms with Gasteiger partial charge in [0.1, 0.15) is 0 Å². The van der Waals surface area contributed by atoms with Crippen LogP contribution in [0.5, 0.6) is 0 Å². The Balaban J connectivity index is 2.97. The molecule has 1 rings (SSSR count). The van der Waals surface area contributed by atoms with Gasteiger partial charge in [0.15, 0.2) is 0 Å². The molecule has 0 unspecified atom stereocenters. The molecule has 0 heterocycles. The summed E-state index contributed by atoms with van der Waals surface area (Å²) in [6.07, 6.45) is 0. The molecule has 1 aromatic carbocycles. The molecule has 0 aromatic heterocycles. The third-order valence-electron chi connectivity index (χ3n) is 4.35. The Morgan fingerprint density at radius 3 is 1.33 bits per heavy atom. The number of hydrogen-bond acceptors (Lipinski definition) is 8. The van der Waals surface area contributed by atoms with E-state index in [1.54, 1.807) is 29.2 Å². The summed E-state index contributed by atoms with van der Waals surface area (Å²) in [7, 11) is -12.6. The van der Waals surface area contributed by atoms with Crippen molar-refractivity contribution in [3.8, 4) is 0 Å². The zero-order chi connectivity index (χ0) is 23.0. The fourth-order valence-electron chi connectivity index (χ4n) is 2.70. The average Bonchev–Trinajstić information content (AvgIpc) is 2.59. The molecular formula is C16H28N2O9S3. The zero-order valence-electron chi connectivity index (χ0n) is 16.6. The fourth-order valence-corrected chi connectivity index (χ4v) is 4.17. The second-order valence-electron chi connectivity index (χ2n) is 6.77. The van der Waals surface area contributed by atoms with Crippen molar-refractivity contribution in [3.63, 3.8) is 0 Å². The van der Waals surface area contributed by atoms with E-state index >= 15 is 0 Å². The third-order valence-corrected chi connectivity index (χ3v) is 6.45. The van der Waals surface area contributed by atoms with Gasteiger partial charge in [-0.3, -0.25) is 23.5 Å². The summed E-state index contributed by atoms with van der Waals surface area (Å²) in [5, 5.41) is 0. The second-order valence-corrected chi connectivity index (χ2v) is 11.5. The highest BCUT2D eigenvalue weighted by atomic mass is 32.2. The van der Waals surface area contributed by atoms with Crippen LogP contribution >= 0.6 is 0 Å². The molecular weight excluding hydrogens is 460 g/mol. The highest BCUT2D eigenvalue weighted by Gasteiger charge is 2.17. The van der Waals surface area contributed by atoms with E-state index in [9.17, 15) is 25.3 Å². The Morgan fingerprint density at radius 2 is 1.00 bits per heavy atom. The highest BCUT2D eigenvalue weighted by Crippen LogP contribution is 2.15. The Hall–Kier alpha value is -1.13. The van der Waals surface area contributed by atoms with Gasteiger partial charge in [-0.15, -0.1) is 0 Å². The van der Waals surface area contributed by atoms with E-state index in [1.807, 2.05) is 6.92 Å². The maximum Gasteiger partial charge on any atom is 0.266 e. The first-order valence-corrected chi connectivity index (χ1v) is 13.9. The summed E-state index contributed by atoms with van der Waals surface area (Å²) >= 11 is 0. The largest absolute Gasteiger partial charge is 0.298 e. The van der Waals surface area contributed by atoms with Gasteiger partial charge in [-0.05, 0) is 17.7 Å². The minimum absolute atomic E-state index is 0.110. The van der Waals surface area contributed by atoms with Gasteiger partial charge in [0.2, 0.25) is 0 Å². The summed E-state index contributed by atoms with van der Waals surface area (Å²) in [6.45, 7) is 2.66. The molecule has 0 aliphatic heterocycles. The van der Waals surface area contributed by atoms with Crippen molar-refractivity contribution in [1.82, 2.24) is 9.80 Å². The van der Waals surface area contributed by atoms with Gasteiger partial charge in [0.25, 0.3) is 30.4 Å². The van der Waals surface area contributed by atoms with Gasteiger partial charge in [-0.1, -0.05) is 31.2 Å². The van der Waals surface area contributed by atoms with Crippen LogP contribution in [-0.4, -0.2) is 92.1 Å². The summed E-state index contributed by atoms with van der Waals surface area (Å²) in [5.74, 6) is -1.62. The fraction of sp³-hybridized carbons (Fsp3) is 0.625. The molecule has 0 amide bonds. The predicted octanol–water partition coefficient (Wildman–Crippen LogP) is -0.0261. The summed E-state index contributed by atoms with van der Waals surface area (Å²) in [6, 6.07) is 7.09. The van der Waals surface area contributed by atoms with Crippen molar-refractivity contribution >= 4 is 30.4 Å². The number of hydrogen-bond donors (Lipinski definition) is 3. The lowest BCUT2D eigenvalue weighted by Gasteiger charge is -2.25. The van der Waals surface area contributed by atoms with E-state index in [4.69, 9.17) is 13.7 Å². The van der Waals surface area contributed by atoms with E-state index in [-0.39, 0.29) is 26.2 Å². The molecule has 0 spiro atoms. The zero-order valence-corrected chi connectivity index (χ0v) is 19.0. The third kappa shape index (κ3) is 12.5. The average molecular weight is 489 g/mol. The molecule has 0 saturated heterocycles.